The molecule has 0 radical (unpaired) electrons. The second kappa shape index (κ2) is 9.49. The summed E-state index contributed by atoms with van der Waals surface area (Å²) >= 11 is 0. The number of hydrogen-bond acceptors (Lipinski definition) is 0. The molecule has 0 saturated heterocycles. The van der Waals surface area contributed by atoms with Crippen LogP contribution in [0.1, 0.15) is 0 Å². The Hall–Kier alpha value is -6.64. The van der Waals surface area contributed by atoms with Crippen molar-refractivity contribution < 1.29 is 0 Å². The fraction of sp³-hybridized carbons (Fsp3) is 0. The van der Waals surface area contributed by atoms with Gasteiger partial charge in [0.25, 0.3) is 0 Å². The predicted octanol–water partition coefficient (Wildman–Crippen LogP) is 13.0. The van der Waals surface area contributed by atoms with E-state index in [2.05, 4.69) is 179 Å². The maximum absolute atomic E-state index is 2.54. The van der Waals surface area contributed by atoms with E-state index in [0.717, 1.165) is 0 Å². The zero-order valence-corrected chi connectivity index (χ0v) is 27.1. The summed E-state index contributed by atoms with van der Waals surface area (Å²) in [6.45, 7) is 0. The van der Waals surface area contributed by atoms with Gasteiger partial charge in [-0.2, -0.15) is 0 Å². The van der Waals surface area contributed by atoms with E-state index >= 15 is 0 Å². The lowest BCUT2D eigenvalue weighted by Crippen LogP contribution is -1.96. The predicted molar refractivity (Wildman–Crippen MR) is 212 cm³/mol. The molecule has 0 unspecified atom stereocenters. The van der Waals surface area contributed by atoms with Crippen molar-refractivity contribution in [1.29, 1.82) is 0 Å². The highest BCUT2D eigenvalue weighted by molar-refractivity contribution is 6.30. The minimum Gasteiger partial charge on any atom is -0.309 e. The first kappa shape index (κ1) is 26.3. The van der Waals surface area contributed by atoms with Gasteiger partial charge in [0.05, 0.1) is 27.8 Å². The lowest BCUT2D eigenvalue weighted by atomic mass is 10.0. The molecule has 2 aromatic heterocycles. The van der Waals surface area contributed by atoms with E-state index in [1.807, 2.05) is 0 Å². The van der Waals surface area contributed by atoms with Gasteiger partial charge in [0.2, 0.25) is 0 Å². The van der Waals surface area contributed by atoms with Crippen molar-refractivity contribution in [2.75, 3.05) is 0 Å². The molecule has 0 atom stereocenters. The average molecular weight is 633 g/mol. The molecule has 50 heavy (non-hydrogen) atoms. The van der Waals surface area contributed by atoms with E-state index in [9.17, 15) is 0 Å². The van der Waals surface area contributed by atoms with E-state index in [1.165, 1.54) is 110 Å². The van der Waals surface area contributed by atoms with Gasteiger partial charge in [-0.15, -0.1) is 0 Å². The van der Waals surface area contributed by atoms with E-state index in [0.29, 0.717) is 0 Å². The number of aromatic nitrogens is 2. The average Bonchev–Trinajstić information content (AvgIpc) is 3.81. The molecule has 0 aliphatic heterocycles. The Balaban J connectivity index is 1.27. The number of benzene rings is 9. The van der Waals surface area contributed by atoms with Gasteiger partial charge >= 0.3 is 0 Å². The SMILES string of the molecule is c1ccc2c(-n3c4ccccc4c4c3ccc3c5c6ccccc6ccc5n(-c5ccc6c(c5)-c5cccc7cccc-6c57)c34)cccc2c1. The standard InChI is InChI=1S/C48H28N2/c1-3-15-33-29(10-1)12-9-21-41(33)50-42-20-6-5-17-38(42)47-44(50)27-25-39-46-34-16-4-2-11-30(34)22-26-43(46)49(48(39)47)32-23-24-35-36-18-7-13-31-14-8-19-37(45(31)36)40(35)28-32/h1-28H. The fourth-order valence-corrected chi connectivity index (χ4v) is 9.18. The highest BCUT2D eigenvalue weighted by atomic mass is 15.0. The van der Waals surface area contributed by atoms with Crippen molar-refractivity contribution >= 4 is 75.9 Å². The van der Waals surface area contributed by atoms with Crippen LogP contribution in [0.25, 0.3) is 110 Å². The van der Waals surface area contributed by atoms with Crippen LogP contribution in [0.15, 0.2) is 170 Å². The van der Waals surface area contributed by atoms with Gasteiger partial charge in [-0.1, -0.05) is 133 Å². The van der Waals surface area contributed by atoms with Crippen LogP contribution in [-0.4, -0.2) is 9.13 Å². The zero-order chi connectivity index (χ0) is 32.5. The van der Waals surface area contributed by atoms with Crippen molar-refractivity contribution in [2.24, 2.45) is 0 Å². The highest BCUT2D eigenvalue weighted by Crippen LogP contribution is 2.49. The van der Waals surface area contributed by atoms with Crippen LogP contribution < -0.4 is 0 Å². The van der Waals surface area contributed by atoms with Crippen molar-refractivity contribution in [1.82, 2.24) is 9.13 Å². The van der Waals surface area contributed by atoms with Gasteiger partial charge in [-0.25, -0.2) is 0 Å². The third-order valence-corrected chi connectivity index (χ3v) is 11.2. The molecule has 9 aromatic carbocycles. The molecule has 0 saturated carbocycles. The zero-order valence-electron chi connectivity index (χ0n) is 27.1. The number of para-hydroxylation sites is 1. The molecule has 1 aliphatic rings. The van der Waals surface area contributed by atoms with Gasteiger partial charge in [-0.05, 0) is 85.6 Å². The third kappa shape index (κ3) is 3.28. The number of fused-ring (bicyclic) bond motifs is 13. The van der Waals surface area contributed by atoms with E-state index < -0.39 is 0 Å². The number of nitrogens with zero attached hydrogens (tertiary/aromatic N) is 2. The summed E-state index contributed by atoms with van der Waals surface area (Å²) in [6, 6.07) is 63.0. The third-order valence-electron chi connectivity index (χ3n) is 11.2. The first-order valence-corrected chi connectivity index (χ1v) is 17.4. The minimum absolute atomic E-state index is 1.18. The molecule has 0 bridgehead atoms. The van der Waals surface area contributed by atoms with E-state index in [1.54, 1.807) is 0 Å². The summed E-state index contributed by atoms with van der Waals surface area (Å²) in [5.41, 5.74) is 12.5. The summed E-state index contributed by atoms with van der Waals surface area (Å²) < 4.78 is 5.02. The molecular weight excluding hydrogens is 605 g/mol. The van der Waals surface area contributed by atoms with Crippen LogP contribution in [0.3, 0.4) is 0 Å². The van der Waals surface area contributed by atoms with Gasteiger partial charge in [0.1, 0.15) is 0 Å². The molecule has 230 valence electrons. The molecule has 0 spiro atoms. The maximum Gasteiger partial charge on any atom is 0.0641 e. The summed E-state index contributed by atoms with van der Waals surface area (Å²) in [7, 11) is 0. The first-order valence-electron chi connectivity index (χ1n) is 17.4. The Morgan fingerprint density at radius 2 is 0.940 bits per heavy atom. The van der Waals surface area contributed by atoms with Crippen molar-refractivity contribution in [3.8, 4) is 33.6 Å². The Morgan fingerprint density at radius 3 is 1.80 bits per heavy atom. The molecule has 0 amide bonds. The Bertz CT molecular complexity index is 3250. The largest absolute Gasteiger partial charge is 0.309 e. The van der Waals surface area contributed by atoms with Gasteiger partial charge < -0.3 is 9.13 Å². The number of hydrogen-bond donors (Lipinski definition) is 0. The van der Waals surface area contributed by atoms with Crippen LogP contribution in [0.4, 0.5) is 0 Å². The lowest BCUT2D eigenvalue weighted by Gasteiger charge is -2.13. The van der Waals surface area contributed by atoms with Crippen molar-refractivity contribution in [3.05, 3.63) is 170 Å². The van der Waals surface area contributed by atoms with Crippen LogP contribution in [0.5, 0.6) is 0 Å². The van der Waals surface area contributed by atoms with E-state index in [4.69, 9.17) is 0 Å². The quantitative estimate of drug-likeness (QED) is 0.179. The van der Waals surface area contributed by atoms with Crippen molar-refractivity contribution in [3.63, 3.8) is 0 Å². The smallest absolute Gasteiger partial charge is 0.0641 e. The number of rotatable bonds is 2. The molecule has 1 aliphatic carbocycles. The first-order chi connectivity index (χ1) is 24.8. The molecule has 2 nitrogen and oxygen atoms in total. The highest BCUT2D eigenvalue weighted by Gasteiger charge is 2.25. The summed E-state index contributed by atoms with van der Waals surface area (Å²) in [4.78, 5) is 0. The van der Waals surface area contributed by atoms with Crippen LogP contribution in [0.2, 0.25) is 0 Å². The lowest BCUT2D eigenvalue weighted by molar-refractivity contribution is 1.18. The molecule has 2 heteroatoms. The summed E-state index contributed by atoms with van der Waals surface area (Å²) in [5.74, 6) is 0. The summed E-state index contributed by atoms with van der Waals surface area (Å²) in [5, 5.41) is 12.8. The van der Waals surface area contributed by atoms with Gasteiger partial charge in [-0.3, -0.25) is 0 Å². The molecule has 0 fully saturated rings. The second-order valence-electron chi connectivity index (χ2n) is 13.7. The Kier molecular flexibility index (Phi) is 5.00. The van der Waals surface area contributed by atoms with Gasteiger partial charge in [0.15, 0.2) is 0 Å². The molecule has 11 aromatic rings. The normalized spacial score (nSPS) is 12.4. The maximum atomic E-state index is 2.54. The van der Waals surface area contributed by atoms with Crippen LogP contribution in [0, 0.1) is 0 Å². The van der Waals surface area contributed by atoms with E-state index in [-0.39, 0.29) is 0 Å². The Morgan fingerprint density at radius 1 is 0.300 bits per heavy atom. The monoisotopic (exact) mass is 632 g/mol. The molecular formula is C48H28N2. The summed E-state index contributed by atoms with van der Waals surface area (Å²) in [6.07, 6.45) is 0. The topological polar surface area (TPSA) is 9.86 Å². The van der Waals surface area contributed by atoms with Crippen molar-refractivity contribution in [2.45, 2.75) is 0 Å². The van der Waals surface area contributed by atoms with Gasteiger partial charge in [0, 0.05) is 32.6 Å². The van der Waals surface area contributed by atoms with Crippen LogP contribution in [-0.2, 0) is 0 Å². The van der Waals surface area contributed by atoms with Crippen LogP contribution >= 0.6 is 0 Å². The Labute approximate surface area is 287 Å². The fourth-order valence-electron chi connectivity index (χ4n) is 9.18. The second-order valence-corrected chi connectivity index (χ2v) is 13.7. The molecule has 0 N–H and O–H groups in total. The molecule has 12 rings (SSSR count). The molecule has 2 heterocycles. The minimum atomic E-state index is 1.18.